The fourth-order valence-electron chi connectivity index (χ4n) is 4.35. The van der Waals surface area contributed by atoms with Gasteiger partial charge in [0.15, 0.2) is 0 Å². The van der Waals surface area contributed by atoms with Gasteiger partial charge in [0, 0.05) is 29.3 Å². The van der Waals surface area contributed by atoms with Crippen LogP contribution in [0.4, 0.5) is 27.7 Å². The van der Waals surface area contributed by atoms with Gasteiger partial charge in [-0.3, -0.25) is 4.79 Å². The average Bonchev–Trinajstić information content (AvgIpc) is 3.51. The van der Waals surface area contributed by atoms with Crippen molar-refractivity contribution in [2.24, 2.45) is 4.99 Å². The van der Waals surface area contributed by atoms with Crippen LogP contribution >= 0.6 is 0 Å². The van der Waals surface area contributed by atoms with Crippen LogP contribution in [0, 0.1) is 5.82 Å². The molecule has 0 saturated carbocycles. The lowest BCUT2D eigenvalue weighted by Crippen LogP contribution is -2.14. The van der Waals surface area contributed by atoms with Gasteiger partial charge in [-0.1, -0.05) is 48.5 Å². The van der Waals surface area contributed by atoms with E-state index in [9.17, 15) is 9.18 Å². The van der Waals surface area contributed by atoms with Crippen molar-refractivity contribution in [1.29, 1.82) is 0 Å². The smallest absolute Gasteiger partial charge is 0.230 e. The van der Waals surface area contributed by atoms with Crippen molar-refractivity contribution in [3.63, 3.8) is 0 Å². The number of anilines is 3. The van der Waals surface area contributed by atoms with Crippen molar-refractivity contribution in [1.82, 2.24) is 19.5 Å². The first-order valence-corrected chi connectivity index (χ1v) is 12.1. The van der Waals surface area contributed by atoms with Gasteiger partial charge in [0.2, 0.25) is 17.8 Å². The second-order valence-corrected chi connectivity index (χ2v) is 8.72. The number of rotatable bonds is 7. The molecule has 0 aliphatic carbocycles. The number of fused-ring (bicyclic) bond motifs is 1. The summed E-state index contributed by atoms with van der Waals surface area (Å²) in [6, 6.07) is 25.1. The third-order valence-corrected chi connectivity index (χ3v) is 6.02. The standard InChI is InChI=1S/C29H22FN7O/c30-21-9-5-11-23(18-21)34-28-31-13-12-24(35-28)27-26(36-29-32-14-15-37(27)29)20-8-4-10-22(17-20)33-25(38)16-19-6-2-1-3-7-19/h1-14,17-18H,15-16H2,(H,33,38)(H,31,34,35). The molecule has 9 heteroatoms. The number of nitrogens with one attached hydrogen (secondary N) is 2. The van der Waals surface area contributed by atoms with E-state index >= 15 is 0 Å². The quantitative estimate of drug-likeness (QED) is 0.293. The lowest BCUT2D eigenvalue weighted by Gasteiger charge is -2.11. The summed E-state index contributed by atoms with van der Waals surface area (Å²) >= 11 is 0. The number of aromatic nitrogens is 4. The molecule has 0 radical (unpaired) electrons. The highest BCUT2D eigenvalue weighted by Gasteiger charge is 2.23. The van der Waals surface area contributed by atoms with E-state index in [2.05, 4.69) is 20.6 Å². The highest BCUT2D eigenvalue weighted by molar-refractivity contribution is 5.93. The molecule has 0 bridgehead atoms. The number of hydrogen-bond donors (Lipinski definition) is 2. The van der Waals surface area contributed by atoms with Gasteiger partial charge in [0.1, 0.15) is 11.5 Å². The fourth-order valence-corrected chi connectivity index (χ4v) is 4.35. The van der Waals surface area contributed by atoms with E-state index < -0.39 is 0 Å². The highest BCUT2D eigenvalue weighted by atomic mass is 19.1. The zero-order chi connectivity index (χ0) is 25.9. The maximum Gasteiger partial charge on any atom is 0.230 e. The van der Waals surface area contributed by atoms with Crippen LogP contribution in [-0.4, -0.2) is 31.6 Å². The van der Waals surface area contributed by atoms with Crippen molar-refractivity contribution in [2.45, 2.75) is 13.0 Å². The first kappa shape index (κ1) is 23.2. The lowest BCUT2D eigenvalue weighted by atomic mass is 10.1. The molecule has 3 heterocycles. The molecule has 0 spiro atoms. The summed E-state index contributed by atoms with van der Waals surface area (Å²) in [5.41, 5.74) is 5.06. The topological polar surface area (TPSA) is 97.1 Å². The van der Waals surface area contributed by atoms with Crippen LogP contribution in [-0.2, 0) is 17.8 Å². The van der Waals surface area contributed by atoms with Crippen LogP contribution in [0.15, 0.2) is 96.1 Å². The van der Waals surface area contributed by atoms with Crippen LogP contribution in [0.3, 0.4) is 0 Å². The summed E-state index contributed by atoms with van der Waals surface area (Å²) < 4.78 is 15.6. The maximum absolute atomic E-state index is 13.7. The van der Waals surface area contributed by atoms with Gasteiger partial charge < -0.3 is 15.2 Å². The Labute approximate surface area is 218 Å². The normalized spacial score (nSPS) is 11.8. The molecule has 8 nitrogen and oxygen atoms in total. The number of imidazole rings is 1. The Kier molecular flexibility index (Phi) is 6.15. The van der Waals surface area contributed by atoms with Gasteiger partial charge in [-0.25, -0.2) is 24.3 Å². The second kappa shape index (κ2) is 10.1. The Morgan fingerprint density at radius 1 is 0.921 bits per heavy atom. The van der Waals surface area contributed by atoms with E-state index in [1.54, 1.807) is 30.6 Å². The Balaban J connectivity index is 1.31. The largest absolute Gasteiger partial charge is 0.326 e. The molecule has 1 amide bonds. The first-order chi connectivity index (χ1) is 18.6. The van der Waals surface area contributed by atoms with Crippen molar-refractivity contribution >= 4 is 35.4 Å². The summed E-state index contributed by atoms with van der Waals surface area (Å²) in [4.78, 5) is 30.8. The molecular formula is C29H22FN7O. The van der Waals surface area contributed by atoms with Crippen molar-refractivity contribution < 1.29 is 9.18 Å². The molecule has 2 N–H and O–H groups in total. The van der Waals surface area contributed by atoms with Gasteiger partial charge in [0.05, 0.1) is 24.4 Å². The summed E-state index contributed by atoms with van der Waals surface area (Å²) in [7, 11) is 0. The molecule has 186 valence electrons. The molecule has 0 unspecified atom stereocenters. The van der Waals surface area contributed by atoms with Gasteiger partial charge in [0.25, 0.3) is 0 Å². The Bertz CT molecular complexity index is 1660. The molecule has 0 atom stereocenters. The third-order valence-electron chi connectivity index (χ3n) is 6.02. The molecule has 1 aliphatic heterocycles. The molecular weight excluding hydrogens is 481 g/mol. The number of hydrogen-bond acceptors (Lipinski definition) is 6. The first-order valence-electron chi connectivity index (χ1n) is 12.1. The zero-order valence-corrected chi connectivity index (χ0v) is 20.2. The predicted octanol–water partition coefficient (Wildman–Crippen LogP) is 5.79. The molecule has 6 rings (SSSR count). The third kappa shape index (κ3) is 4.90. The summed E-state index contributed by atoms with van der Waals surface area (Å²) in [6.07, 6.45) is 3.72. The zero-order valence-electron chi connectivity index (χ0n) is 20.2. The van der Waals surface area contributed by atoms with Crippen LogP contribution in [0.25, 0.3) is 22.6 Å². The summed E-state index contributed by atoms with van der Waals surface area (Å²) in [5, 5.41) is 6.03. The van der Waals surface area contributed by atoms with Gasteiger partial charge in [-0.05, 0) is 42.0 Å². The minimum Gasteiger partial charge on any atom is -0.326 e. The van der Waals surface area contributed by atoms with Gasteiger partial charge in [-0.15, -0.1) is 0 Å². The highest BCUT2D eigenvalue weighted by Crippen LogP contribution is 2.37. The van der Waals surface area contributed by atoms with Crippen molar-refractivity contribution in [3.05, 3.63) is 103 Å². The van der Waals surface area contributed by atoms with E-state index in [-0.39, 0.29) is 18.1 Å². The molecule has 5 aromatic rings. The minimum absolute atomic E-state index is 0.102. The monoisotopic (exact) mass is 503 g/mol. The second-order valence-electron chi connectivity index (χ2n) is 8.72. The van der Waals surface area contributed by atoms with E-state index in [1.165, 1.54) is 12.1 Å². The molecule has 0 saturated heterocycles. The van der Waals surface area contributed by atoms with Crippen molar-refractivity contribution in [2.75, 3.05) is 10.6 Å². The van der Waals surface area contributed by atoms with E-state index in [0.29, 0.717) is 41.2 Å². The van der Waals surface area contributed by atoms with E-state index in [1.807, 2.05) is 59.2 Å². The maximum atomic E-state index is 13.7. The van der Waals surface area contributed by atoms with Crippen molar-refractivity contribution in [3.8, 4) is 22.6 Å². The SMILES string of the molecule is O=C(Cc1ccccc1)Nc1cccc(-c2nc3n(c2-c2ccnc(Nc4cccc(F)c4)n2)CC=N3)c1. The number of carbonyl (C=O) groups is 1. The number of halogens is 1. The Morgan fingerprint density at radius 2 is 1.76 bits per heavy atom. The van der Waals surface area contributed by atoms with Crippen LogP contribution in [0.5, 0.6) is 0 Å². The molecule has 0 fully saturated rings. The summed E-state index contributed by atoms with van der Waals surface area (Å²) in [5.74, 6) is 0.450. The van der Waals surface area contributed by atoms with Gasteiger partial charge in [-0.2, -0.15) is 0 Å². The Morgan fingerprint density at radius 3 is 2.63 bits per heavy atom. The summed E-state index contributed by atoms with van der Waals surface area (Å²) in [6.45, 7) is 0.557. The number of benzene rings is 3. The molecule has 3 aromatic carbocycles. The number of nitrogens with zero attached hydrogens (tertiary/aromatic N) is 5. The number of carbonyl (C=O) groups excluding carboxylic acids is 1. The van der Waals surface area contributed by atoms with E-state index in [4.69, 9.17) is 9.97 Å². The van der Waals surface area contributed by atoms with Crippen LogP contribution in [0.2, 0.25) is 0 Å². The van der Waals surface area contributed by atoms with Crippen LogP contribution < -0.4 is 10.6 Å². The molecule has 2 aromatic heterocycles. The predicted molar refractivity (Wildman–Crippen MR) is 145 cm³/mol. The number of amides is 1. The lowest BCUT2D eigenvalue weighted by molar-refractivity contribution is -0.115. The Hall–Kier alpha value is -5.18. The van der Waals surface area contributed by atoms with Gasteiger partial charge >= 0.3 is 0 Å². The van der Waals surface area contributed by atoms with Crippen LogP contribution in [0.1, 0.15) is 5.56 Å². The van der Waals surface area contributed by atoms with E-state index in [0.717, 1.165) is 16.8 Å². The fraction of sp³-hybridized carbons (Fsp3) is 0.0690. The molecule has 38 heavy (non-hydrogen) atoms. The number of aliphatic imine (C=N–C) groups is 1. The minimum atomic E-state index is -0.352. The molecule has 1 aliphatic rings. The average molecular weight is 504 g/mol.